The highest BCUT2D eigenvalue weighted by Gasteiger charge is 2.61. The maximum Gasteiger partial charge on any atom is 0.280 e. The van der Waals surface area contributed by atoms with Crippen LogP contribution in [-0.2, 0) is 0 Å². The Hall–Kier alpha value is -3.52. The number of hydrogen-bond donors (Lipinski definition) is 1. The average molecular weight is 519 g/mol. The molecule has 1 saturated carbocycles. The van der Waals surface area contributed by atoms with Crippen LogP contribution >= 0.6 is 0 Å². The maximum absolute atomic E-state index is 14.6. The van der Waals surface area contributed by atoms with Crippen molar-refractivity contribution in [3.05, 3.63) is 64.7 Å². The zero-order valence-corrected chi connectivity index (χ0v) is 22.4. The molecule has 2 aliphatic heterocycles. The molecule has 3 aliphatic rings. The fraction of sp³-hybridized carbons (Fsp3) is 0.467. The summed E-state index contributed by atoms with van der Waals surface area (Å²) < 4.78 is 6.77. The Morgan fingerprint density at radius 2 is 1.58 bits per heavy atom. The molecule has 5 atom stereocenters. The quantitative estimate of drug-likeness (QED) is 0.454. The first kappa shape index (κ1) is 26.1. The van der Waals surface area contributed by atoms with Gasteiger partial charge in [0.25, 0.3) is 17.7 Å². The number of carbonyl (C=O) groups excluding carboxylic acids is 4. The van der Waals surface area contributed by atoms with Gasteiger partial charge in [0.1, 0.15) is 5.75 Å². The number of amides is 3. The predicted octanol–water partition coefficient (Wildman–Crippen LogP) is 4.72. The number of aliphatic hydroxyl groups is 1. The van der Waals surface area contributed by atoms with E-state index in [4.69, 9.17) is 4.74 Å². The first-order valence-electron chi connectivity index (χ1n) is 13.4. The minimum absolute atomic E-state index is 0.00733. The zero-order chi connectivity index (χ0) is 27.5. The summed E-state index contributed by atoms with van der Waals surface area (Å²) in [6.45, 7) is 9.30. The standard InChI is InChI=1S/C30H34N2O6/c1-16(2)23-14-13-17(3)15-30(23)32(31-27(35)20-9-6-7-10-21(20)28(31)36)29(37)25-22(11-8-12-24(25)38-30)26(34)18(4)19(5)33/h6-12,16-19,23,33H,13-15H2,1-5H3/t17?,18?,19-,23?,30+/m1/s1. The number of benzene rings is 2. The second-order valence-electron chi connectivity index (χ2n) is 11.3. The van der Waals surface area contributed by atoms with E-state index in [1.54, 1.807) is 43.3 Å². The van der Waals surface area contributed by atoms with Crippen molar-refractivity contribution in [1.29, 1.82) is 0 Å². The molecule has 2 aromatic rings. The molecule has 1 spiro atoms. The number of hydrogen-bond acceptors (Lipinski definition) is 6. The number of Topliss-reactive ketones (excluding diaryl/α,β-unsaturated/α-hetero) is 1. The molecule has 8 nitrogen and oxygen atoms in total. The number of imide groups is 1. The molecule has 2 heterocycles. The topological polar surface area (TPSA) is 104 Å². The Labute approximate surface area is 222 Å². The van der Waals surface area contributed by atoms with Crippen molar-refractivity contribution in [2.24, 2.45) is 23.7 Å². The number of hydrazine groups is 1. The van der Waals surface area contributed by atoms with Crippen LogP contribution < -0.4 is 4.74 Å². The Balaban J connectivity index is 1.74. The number of nitrogens with zero attached hydrogens (tertiary/aromatic N) is 2. The van der Waals surface area contributed by atoms with Gasteiger partial charge >= 0.3 is 0 Å². The molecular formula is C30H34N2O6. The summed E-state index contributed by atoms with van der Waals surface area (Å²) in [4.78, 5) is 55.4. The van der Waals surface area contributed by atoms with E-state index in [2.05, 4.69) is 20.8 Å². The molecule has 1 fully saturated rings. The molecule has 38 heavy (non-hydrogen) atoms. The molecule has 8 heteroatoms. The molecule has 0 bridgehead atoms. The van der Waals surface area contributed by atoms with E-state index in [9.17, 15) is 24.3 Å². The van der Waals surface area contributed by atoms with Crippen molar-refractivity contribution in [2.45, 2.75) is 65.7 Å². The Bertz CT molecular complexity index is 1300. The highest BCUT2D eigenvalue weighted by Crippen LogP contribution is 2.51. The van der Waals surface area contributed by atoms with Crippen molar-refractivity contribution >= 4 is 23.5 Å². The first-order chi connectivity index (χ1) is 18.0. The smallest absolute Gasteiger partial charge is 0.280 e. The Kier molecular flexibility index (Phi) is 6.42. The third-order valence-electron chi connectivity index (χ3n) is 8.45. The summed E-state index contributed by atoms with van der Waals surface area (Å²) in [5.74, 6) is -2.66. The summed E-state index contributed by atoms with van der Waals surface area (Å²) in [5, 5.41) is 12.3. The fourth-order valence-electron chi connectivity index (χ4n) is 6.29. The van der Waals surface area contributed by atoms with Gasteiger partial charge in [0.15, 0.2) is 5.78 Å². The van der Waals surface area contributed by atoms with E-state index in [0.29, 0.717) is 6.42 Å². The second kappa shape index (κ2) is 9.34. The van der Waals surface area contributed by atoms with E-state index < -0.39 is 41.3 Å². The Morgan fingerprint density at radius 1 is 0.947 bits per heavy atom. The lowest BCUT2D eigenvalue weighted by Crippen LogP contribution is -2.71. The molecule has 0 radical (unpaired) electrons. The van der Waals surface area contributed by atoms with E-state index in [1.165, 1.54) is 18.0 Å². The maximum atomic E-state index is 14.6. The molecule has 200 valence electrons. The summed E-state index contributed by atoms with van der Waals surface area (Å²) in [7, 11) is 0. The van der Waals surface area contributed by atoms with Crippen LogP contribution in [-0.4, -0.2) is 50.5 Å². The number of ketones is 1. The van der Waals surface area contributed by atoms with Crippen molar-refractivity contribution in [3.8, 4) is 5.75 Å². The molecule has 1 N–H and O–H groups in total. The van der Waals surface area contributed by atoms with E-state index in [1.807, 2.05) is 0 Å². The third kappa shape index (κ3) is 3.76. The summed E-state index contributed by atoms with van der Waals surface area (Å²) in [5.41, 5.74) is -0.734. The van der Waals surface area contributed by atoms with Gasteiger partial charge in [-0.3, -0.25) is 19.2 Å². The van der Waals surface area contributed by atoms with Crippen molar-refractivity contribution in [3.63, 3.8) is 0 Å². The van der Waals surface area contributed by atoms with Crippen LogP contribution in [0, 0.1) is 23.7 Å². The average Bonchev–Trinajstić information content (AvgIpc) is 3.12. The minimum atomic E-state index is -1.29. The van der Waals surface area contributed by atoms with Gasteiger partial charge in [0, 0.05) is 23.8 Å². The zero-order valence-electron chi connectivity index (χ0n) is 22.4. The molecule has 2 aromatic carbocycles. The number of carbonyl (C=O) groups is 4. The van der Waals surface area contributed by atoms with Gasteiger partial charge in [-0.05, 0) is 49.8 Å². The number of fused-ring (bicyclic) bond motifs is 2. The molecule has 3 amide bonds. The van der Waals surface area contributed by atoms with Crippen LogP contribution in [0.2, 0.25) is 0 Å². The highest BCUT2D eigenvalue weighted by atomic mass is 16.5. The van der Waals surface area contributed by atoms with Crippen LogP contribution in [0.25, 0.3) is 0 Å². The SMILES string of the molecule is CC1CCC(C(C)C)[C@]2(C1)Oc1cccc(C(=O)C(C)[C@@H](C)O)c1C(=O)N2N1C(=O)c2ccccc2C1=O. The molecular weight excluding hydrogens is 484 g/mol. The first-order valence-corrected chi connectivity index (χ1v) is 13.4. The van der Waals surface area contributed by atoms with Gasteiger partial charge < -0.3 is 9.84 Å². The van der Waals surface area contributed by atoms with Crippen LogP contribution in [0.15, 0.2) is 42.5 Å². The molecule has 1 aliphatic carbocycles. The van der Waals surface area contributed by atoms with E-state index >= 15 is 0 Å². The van der Waals surface area contributed by atoms with Crippen molar-refractivity contribution in [2.75, 3.05) is 0 Å². The lowest BCUT2D eigenvalue weighted by molar-refractivity contribution is -0.202. The summed E-state index contributed by atoms with van der Waals surface area (Å²) in [6, 6.07) is 11.4. The molecule has 3 unspecified atom stereocenters. The van der Waals surface area contributed by atoms with E-state index in [0.717, 1.165) is 17.9 Å². The summed E-state index contributed by atoms with van der Waals surface area (Å²) >= 11 is 0. The minimum Gasteiger partial charge on any atom is -0.465 e. The number of rotatable bonds is 5. The summed E-state index contributed by atoms with van der Waals surface area (Å²) in [6.07, 6.45) is 1.17. The van der Waals surface area contributed by atoms with Crippen LogP contribution in [0.3, 0.4) is 0 Å². The lowest BCUT2D eigenvalue weighted by atomic mass is 9.70. The van der Waals surface area contributed by atoms with Gasteiger partial charge in [-0.15, -0.1) is 0 Å². The van der Waals surface area contributed by atoms with Crippen LogP contribution in [0.5, 0.6) is 5.75 Å². The van der Waals surface area contributed by atoms with Gasteiger partial charge in [0.2, 0.25) is 5.72 Å². The van der Waals surface area contributed by atoms with Gasteiger partial charge in [-0.1, -0.05) is 52.0 Å². The monoisotopic (exact) mass is 518 g/mol. The van der Waals surface area contributed by atoms with Crippen LogP contribution in [0.1, 0.15) is 95.3 Å². The van der Waals surface area contributed by atoms with E-state index in [-0.39, 0.29) is 45.8 Å². The second-order valence-corrected chi connectivity index (χ2v) is 11.3. The predicted molar refractivity (Wildman–Crippen MR) is 139 cm³/mol. The lowest BCUT2D eigenvalue weighted by Gasteiger charge is -2.56. The van der Waals surface area contributed by atoms with Crippen LogP contribution in [0.4, 0.5) is 0 Å². The number of ether oxygens (including phenoxy) is 1. The normalized spacial score (nSPS) is 26.3. The van der Waals surface area contributed by atoms with Crippen molar-refractivity contribution in [1.82, 2.24) is 10.0 Å². The fourth-order valence-corrected chi connectivity index (χ4v) is 6.29. The Morgan fingerprint density at radius 3 is 2.16 bits per heavy atom. The van der Waals surface area contributed by atoms with Gasteiger partial charge in [-0.25, -0.2) is 0 Å². The molecule has 5 rings (SSSR count). The molecule has 0 aromatic heterocycles. The highest BCUT2D eigenvalue weighted by molar-refractivity contribution is 6.22. The molecule has 0 saturated heterocycles. The largest absolute Gasteiger partial charge is 0.465 e. The van der Waals surface area contributed by atoms with Gasteiger partial charge in [0.05, 0.1) is 22.8 Å². The number of aliphatic hydroxyl groups excluding tert-OH is 1. The van der Waals surface area contributed by atoms with Gasteiger partial charge in [-0.2, -0.15) is 10.0 Å². The third-order valence-corrected chi connectivity index (χ3v) is 8.45. The van der Waals surface area contributed by atoms with Crippen molar-refractivity contribution < 1.29 is 29.0 Å².